The van der Waals surface area contributed by atoms with Crippen LogP contribution in [0.25, 0.3) is 11.3 Å². The molecule has 0 saturated carbocycles. The van der Waals surface area contributed by atoms with Gasteiger partial charge in [0.2, 0.25) is 10.0 Å². The van der Waals surface area contributed by atoms with Gasteiger partial charge in [0.05, 0.1) is 28.1 Å². The molecule has 4 rings (SSSR count). The SMILES string of the molecule is CS(=O)(=O)Nc1cccc(NC(=O)c2cc(C(=O)Nc3cc(-c4ccccc4)[nH]n3)cs2)c1. The number of amides is 2. The van der Waals surface area contributed by atoms with Gasteiger partial charge in [-0.15, -0.1) is 11.3 Å². The lowest BCUT2D eigenvalue weighted by molar-refractivity contribution is 0.102. The molecule has 2 aromatic heterocycles. The van der Waals surface area contributed by atoms with Gasteiger partial charge in [0, 0.05) is 17.1 Å². The zero-order chi connectivity index (χ0) is 23.4. The van der Waals surface area contributed by atoms with Crippen LogP contribution in [0.15, 0.2) is 72.1 Å². The second-order valence-electron chi connectivity index (χ2n) is 7.10. The summed E-state index contributed by atoms with van der Waals surface area (Å²) in [5, 5.41) is 14.0. The van der Waals surface area contributed by atoms with Crippen LogP contribution >= 0.6 is 11.3 Å². The summed E-state index contributed by atoms with van der Waals surface area (Å²) in [6.07, 6.45) is 1.04. The summed E-state index contributed by atoms with van der Waals surface area (Å²) in [6, 6.07) is 19.1. The number of aromatic nitrogens is 2. The Labute approximate surface area is 193 Å². The number of H-pyrrole nitrogens is 1. The average molecular weight is 482 g/mol. The normalized spacial score (nSPS) is 11.1. The van der Waals surface area contributed by atoms with E-state index in [9.17, 15) is 18.0 Å². The third-order valence-electron chi connectivity index (χ3n) is 4.41. The van der Waals surface area contributed by atoms with E-state index in [4.69, 9.17) is 0 Å². The van der Waals surface area contributed by atoms with Gasteiger partial charge in [-0.25, -0.2) is 8.42 Å². The topological polar surface area (TPSA) is 133 Å². The van der Waals surface area contributed by atoms with Gasteiger partial charge in [0.1, 0.15) is 0 Å². The van der Waals surface area contributed by atoms with Gasteiger partial charge in [-0.1, -0.05) is 36.4 Å². The molecule has 0 aliphatic heterocycles. The first-order chi connectivity index (χ1) is 15.8. The van der Waals surface area contributed by atoms with Gasteiger partial charge in [0.15, 0.2) is 5.82 Å². The Morgan fingerprint density at radius 1 is 0.909 bits per heavy atom. The fourth-order valence-electron chi connectivity index (χ4n) is 2.98. The number of nitrogens with one attached hydrogen (secondary N) is 4. The molecule has 9 nitrogen and oxygen atoms in total. The van der Waals surface area contributed by atoms with Crippen LogP contribution in [0.3, 0.4) is 0 Å². The minimum absolute atomic E-state index is 0.321. The number of carbonyl (C=O) groups excluding carboxylic acids is 2. The standard InChI is InChI=1S/C22H19N5O4S2/c1-33(30,31)27-17-9-5-8-16(11-17)23-22(29)19-10-15(13-32-19)21(28)24-20-12-18(25-26-20)14-6-3-2-4-7-14/h2-13,27H,1H3,(H,23,29)(H2,24,25,26,28). The summed E-state index contributed by atoms with van der Waals surface area (Å²) >= 11 is 1.12. The first-order valence-electron chi connectivity index (χ1n) is 9.67. The minimum Gasteiger partial charge on any atom is -0.321 e. The molecule has 0 aliphatic rings. The Balaban J connectivity index is 1.40. The third-order valence-corrected chi connectivity index (χ3v) is 5.95. The molecule has 2 heterocycles. The van der Waals surface area contributed by atoms with Crippen LogP contribution in [0.2, 0.25) is 0 Å². The maximum atomic E-state index is 12.6. The maximum Gasteiger partial charge on any atom is 0.265 e. The van der Waals surface area contributed by atoms with E-state index in [2.05, 4.69) is 25.6 Å². The smallest absolute Gasteiger partial charge is 0.265 e. The molecule has 4 N–H and O–H groups in total. The molecule has 2 aromatic carbocycles. The number of hydrogen-bond donors (Lipinski definition) is 4. The van der Waals surface area contributed by atoms with Gasteiger partial charge in [-0.05, 0) is 29.8 Å². The van der Waals surface area contributed by atoms with E-state index in [1.165, 1.54) is 12.1 Å². The minimum atomic E-state index is -3.43. The second-order valence-corrected chi connectivity index (χ2v) is 9.76. The van der Waals surface area contributed by atoms with Crippen molar-refractivity contribution in [2.75, 3.05) is 21.6 Å². The molecule has 0 spiro atoms. The molecule has 4 aromatic rings. The van der Waals surface area contributed by atoms with Gasteiger partial charge in [-0.3, -0.25) is 19.4 Å². The van der Waals surface area contributed by atoms with Crippen molar-refractivity contribution in [3.8, 4) is 11.3 Å². The Hall–Kier alpha value is -3.96. The first-order valence-corrected chi connectivity index (χ1v) is 12.4. The van der Waals surface area contributed by atoms with E-state index in [-0.39, 0.29) is 0 Å². The van der Waals surface area contributed by atoms with Crippen LogP contribution in [0.5, 0.6) is 0 Å². The van der Waals surface area contributed by atoms with Crippen molar-refractivity contribution in [3.63, 3.8) is 0 Å². The maximum absolute atomic E-state index is 12.6. The van der Waals surface area contributed by atoms with Crippen molar-refractivity contribution in [2.24, 2.45) is 0 Å². The van der Waals surface area contributed by atoms with Crippen LogP contribution in [0.1, 0.15) is 20.0 Å². The number of anilines is 3. The van der Waals surface area contributed by atoms with E-state index in [1.54, 1.807) is 29.6 Å². The molecule has 11 heteroatoms. The molecule has 2 amide bonds. The second kappa shape index (κ2) is 9.27. The largest absolute Gasteiger partial charge is 0.321 e. The third kappa shape index (κ3) is 5.84. The molecule has 0 radical (unpaired) electrons. The van der Waals surface area contributed by atoms with E-state index in [0.717, 1.165) is 28.8 Å². The fourth-order valence-corrected chi connectivity index (χ4v) is 4.32. The lowest BCUT2D eigenvalue weighted by Crippen LogP contribution is -2.13. The molecule has 0 saturated heterocycles. The first kappa shape index (κ1) is 22.2. The number of thiophene rings is 1. The zero-order valence-electron chi connectivity index (χ0n) is 17.3. The molecule has 33 heavy (non-hydrogen) atoms. The van der Waals surface area contributed by atoms with E-state index in [0.29, 0.717) is 27.6 Å². The predicted octanol–water partition coefficient (Wildman–Crippen LogP) is 4.01. The average Bonchev–Trinajstić information content (AvgIpc) is 3.43. The van der Waals surface area contributed by atoms with Crippen molar-refractivity contribution in [3.05, 3.63) is 82.6 Å². The van der Waals surface area contributed by atoms with Crippen LogP contribution in [0, 0.1) is 0 Å². The van der Waals surface area contributed by atoms with Crippen LogP contribution in [0.4, 0.5) is 17.2 Å². The zero-order valence-corrected chi connectivity index (χ0v) is 19.0. The number of nitrogens with zero attached hydrogens (tertiary/aromatic N) is 1. The molecular formula is C22H19N5O4S2. The summed E-state index contributed by atoms with van der Waals surface area (Å²) in [5.41, 5.74) is 2.77. The van der Waals surface area contributed by atoms with Crippen LogP contribution < -0.4 is 15.4 Å². The van der Waals surface area contributed by atoms with Crippen molar-refractivity contribution in [1.82, 2.24) is 10.2 Å². The van der Waals surface area contributed by atoms with Crippen molar-refractivity contribution >= 4 is 50.4 Å². The van der Waals surface area contributed by atoms with E-state index in [1.807, 2.05) is 30.3 Å². The highest BCUT2D eigenvalue weighted by atomic mass is 32.2. The van der Waals surface area contributed by atoms with Gasteiger partial charge >= 0.3 is 0 Å². The Bertz CT molecular complexity index is 1410. The number of aromatic amines is 1. The van der Waals surface area contributed by atoms with Crippen molar-refractivity contribution < 1.29 is 18.0 Å². The van der Waals surface area contributed by atoms with E-state index < -0.39 is 21.8 Å². The summed E-state index contributed by atoms with van der Waals surface area (Å²) in [7, 11) is -3.43. The highest BCUT2D eigenvalue weighted by molar-refractivity contribution is 7.92. The predicted molar refractivity (Wildman–Crippen MR) is 129 cm³/mol. The molecule has 0 fully saturated rings. The van der Waals surface area contributed by atoms with Gasteiger partial charge < -0.3 is 10.6 Å². The van der Waals surface area contributed by atoms with Crippen LogP contribution in [-0.2, 0) is 10.0 Å². The number of hydrogen-bond acceptors (Lipinski definition) is 6. The number of carbonyl (C=O) groups is 2. The summed E-state index contributed by atoms with van der Waals surface area (Å²) in [5.74, 6) is -0.441. The molecule has 0 atom stereocenters. The lowest BCUT2D eigenvalue weighted by Gasteiger charge is -2.07. The van der Waals surface area contributed by atoms with E-state index >= 15 is 0 Å². The fraction of sp³-hybridized carbons (Fsp3) is 0.0455. The molecule has 0 bridgehead atoms. The highest BCUT2D eigenvalue weighted by Gasteiger charge is 2.15. The Morgan fingerprint density at radius 3 is 2.42 bits per heavy atom. The molecule has 0 unspecified atom stereocenters. The monoisotopic (exact) mass is 481 g/mol. The Morgan fingerprint density at radius 2 is 1.67 bits per heavy atom. The number of rotatable bonds is 7. The molecule has 0 aliphatic carbocycles. The number of benzene rings is 2. The van der Waals surface area contributed by atoms with Crippen molar-refractivity contribution in [1.29, 1.82) is 0 Å². The Kier molecular flexibility index (Phi) is 6.24. The summed E-state index contributed by atoms with van der Waals surface area (Å²) in [6.45, 7) is 0. The summed E-state index contributed by atoms with van der Waals surface area (Å²) < 4.78 is 25.1. The van der Waals surface area contributed by atoms with Gasteiger partial charge in [-0.2, -0.15) is 5.10 Å². The molecular weight excluding hydrogens is 462 g/mol. The van der Waals surface area contributed by atoms with Crippen LogP contribution in [-0.4, -0.2) is 36.7 Å². The quantitative estimate of drug-likeness (QED) is 0.316. The molecule has 168 valence electrons. The van der Waals surface area contributed by atoms with Gasteiger partial charge in [0.25, 0.3) is 11.8 Å². The van der Waals surface area contributed by atoms with Crippen molar-refractivity contribution in [2.45, 2.75) is 0 Å². The summed E-state index contributed by atoms with van der Waals surface area (Å²) in [4.78, 5) is 25.5. The number of sulfonamides is 1. The highest BCUT2D eigenvalue weighted by Crippen LogP contribution is 2.22. The lowest BCUT2D eigenvalue weighted by atomic mass is 10.1.